The minimum Gasteiger partial charge on any atom is -0.383 e. The summed E-state index contributed by atoms with van der Waals surface area (Å²) in [6.45, 7) is 4.13. The molecule has 92 valence electrons. The molecule has 1 saturated heterocycles. The van der Waals surface area contributed by atoms with Crippen LogP contribution in [0.4, 0.5) is 5.69 Å². The van der Waals surface area contributed by atoms with Gasteiger partial charge in [0.2, 0.25) is 0 Å². The molecular formula is C14H20N2O. The van der Waals surface area contributed by atoms with Gasteiger partial charge in [-0.05, 0) is 24.5 Å². The molecule has 1 fully saturated rings. The van der Waals surface area contributed by atoms with E-state index in [9.17, 15) is 0 Å². The molecule has 0 amide bonds. The molecule has 0 radical (unpaired) electrons. The Bertz CT molecular complexity index is 394. The van der Waals surface area contributed by atoms with Crippen LogP contribution in [0.25, 0.3) is 0 Å². The van der Waals surface area contributed by atoms with Crippen molar-refractivity contribution in [2.75, 3.05) is 31.7 Å². The van der Waals surface area contributed by atoms with Crippen molar-refractivity contribution >= 4 is 5.69 Å². The second-order valence-electron chi connectivity index (χ2n) is 4.91. The Hall–Kier alpha value is -1.06. The fourth-order valence-corrected chi connectivity index (χ4v) is 3.10. The topological polar surface area (TPSA) is 15.7 Å². The largest absolute Gasteiger partial charge is 0.383 e. The first-order valence-corrected chi connectivity index (χ1v) is 6.47. The molecule has 17 heavy (non-hydrogen) atoms. The van der Waals surface area contributed by atoms with Crippen LogP contribution in [0.3, 0.4) is 0 Å². The predicted octanol–water partition coefficient (Wildman–Crippen LogP) is 2.07. The van der Waals surface area contributed by atoms with E-state index < -0.39 is 0 Å². The number of benzene rings is 1. The van der Waals surface area contributed by atoms with Gasteiger partial charge in [-0.1, -0.05) is 18.2 Å². The molecule has 1 atom stereocenters. The molecule has 2 aliphatic heterocycles. The number of ether oxygens (including phenoxy) is 1. The second-order valence-corrected chi connectivity index (χ2v) is 4.91. The molecule has 0 aromatic heterocycles. The summed E-state index contributed by atoms with van der Waals surface area (Å²) < 4.78 is 5.22. The number of hydrogen-bond donors (Lipinski definition) is 0. The summed E-state index contributed by atoms with van der Waals surface area (Å²) in [5.41, 5.74) is 2.91. The zero-order valence-corrected chi connectivity index (χ0v) is 10.4. The Balaban J connectivity index is 1.87. The summed E-state index contributed by atoms with van der Waals surface area (Å²) >= 11 is 0. The van der Waals surface area contributed by atoms with Crippen LogP contribution in [0.2, 0.25) is 0 Å². The lowest BCUT2D eigenvalue weighted by atomic mass is 10.1. The number of para-hydroxylation sites is 1. The Morgan fingerprint density at radius 2 is 2.24 bits per heavy atom. The lowest BCUT2D eigenvalue weighted by Crippen LogP contribution is -2.49. The average Bonchev–Trinajstić information content (AvgIpc) is 2.85. The summed E-state index contributed by atoms with van der Waals surface area (Å²) in [6.07, 6.45) is 3.20. The molecule has 2 heterocycles. The van der Waals surface area contributed by atoms with E-state index in [1.165, 1.54) is 30.6 Å². The molecular weight excluding hydrogens is 212 g/mol. The zero-order valence-electron chi connectivity index (χ0n) is 10.4. The summed E-state index contributed by atoms with van der Waals surface area (Å²) in [7, 11) is 1.78. The van der Waals surface area contributed by atoms with Gasteiger partial charge in [0.05, 0.1) is 12.8 Å². The Morgan fingerprint density at radius 1 is 1.35 bits per heavy atom. The first-order valence-electron chi connectivity index (χ1n) is 6.47. The highest BCUT2D eigenvalue weighted by Gasteiger charge is 2.34. The third kappa shape index (κ3) is 1.94. The third-order valence-electron chi connectivity index (χ3n) is 3.90. The van der Waals surface area contributed by atoms with Crippen LogP contribution in [0.5, 0.6) is 0 Å². The minimum absolute atomic E-state index is 0.597. The Labute approximate surface area is 103 Å². The molecule has 1 aromatic rings. The number of fused-ring (bicyclic) bond motifs is 3. The van der Waals surface area contributed by atoms with Crippen LogP contribution < -0.4 is 4.90 Å². The molecule has 0 saturated carbocycles. The van der Waals surface area contributed by atoms with E-state index in [0.29, 0.717) is 6.17 Å². The van der Waals surface area contributed by atoms with E-state index >= 15 is 0 Å². The van der Waals surface area contributed by atoms with Gasteiger partial charge >= 0.3 is 0 Å². The van der Waals surface area contributed by atoms with Crippen LogP contribution in [0.15, 0.2) is 24.3 Å². The number of hydrogen-bond acceptors (Lipinski definition) is 3. The fraction of sp³-hybridized carbons (Fsp3) is 0.571. The average molecular weight is 232 g/mol. The standard InChI is InChI=1S/C14H20N2O/c1-17-10-9-15-11-12-5-2-3-6-13(12)16-8-4-7-14(15)16/h2-3,5-6,14H,4,7-11H2,1H3. The van der Waals surface area contributed by atoms with E-state index in [4.69, 9.17) is 4.74 Å². The van der Waals surface area contributed by atoms with Gasteiger partial charge in [-0.2, -0.15) is 0 Å². The third-order valence-corrected chi connectivity index (χ3v) is 3.90. The predicted molar refractivity (Wildman–Crippen MR) is 69.1 cm³/mol. The number of anilines is 1. The van der Waals surface area contributed by atoms with Crippen molar-refractivity contribution in [2.45, 2.75) is 25.6 Å². The normalized spacial score (nSPS) is 23.6. The molecule has 0 aliphatic carbocycles. The maximum Gasteiger partial charge on any atom is 0.0825 e. The monoisotopic (exact) mass is 232 g/mol. The van der Waals surface area contributed by atoms with Crippen LogP contribution in [-0.4, -0.2) is 37.9 Å². The van der Waals surface area contributed by atoms with Crippen LogP contribution in [0, 0.1) is 0 Å². The zero-order chi connectivity index (χ0) is 11.7. The summed E-state index contributed by atoms with van der Waals surface area (Å²) in [5.74, 6) is 0. The molecule has 3 nitrogen and oxygen atoms in total. The molecule has 0 bridgehead atoms. The van der Waals surface area contributed by atoms with Crippen molar-refractivity contribution in [3.05, 3.63) is 29.8 Å². The van der Waals surface area contributed by atoms with Crippen molar-refractivity contribution in [1.82, 2.24) is 4.90 Å². The highest BCUT2D eigenvalue weighted by atomic mass is 16.5. The number of nitrogens with zero attached hydrogens (tertiary/aromatic N) is 2. The summed E-state index contributed by atoms with van der Waals surface area (Å²) in [6, 6.07) is 8.81. The van der Waals surface area contributed by atoms with Gasteiger partial charge in [0.1, 0.15) is 0 Å². The van der Waals surface area contributed by atoms with E-state index in [1.54, 1.807) is 7.11 Å². The van der Waals surface area contributed by atoms with Crippen LogP contribution in [-0.2, 0) is 11.3 Å². The number of rotatable bonds is 3. The van der Waals surface area contributed by atoms with Gasteiger partial charge < -0.3 is 9.64 Å². The van der Waals surface area contributed by atoms with Gasteiger partial charge in [-0.15, -0.1) is 0 Å². The molecule has 3 heteroatoms. The summed E-state index contributed by atoms with van der Waals surface area (Å²) in [5, 5.41) is 0. The van der Waals surface area contributed by atoms with Crippen LogP contribution in [0.1, 0.15) is 18.4 Å². The van der Waals surface area contributed by atoms with Crippen molar-refractivity contribution in [3.63, 3.8) is 0 Å². The Kier molecular flexibility index (Phi) is 3.04. The van der Waals surface area contributed by atoms with Gasteiger partial charge in [0.15, 0.2) is 0 Å². The van der Waals surface area contributed by atoms with E-state index in [1.807, 2.05) is 0 Å². The summed E-state index contributed by atoms with van der Waals surface area (Å²) in [4.78, 5) is 5.12. The number of methoxy groups -OCH3 is 1. The lowest BCUT2D eigenvalue weighted by molar-refractivity contribution is 0.111. The second kappa shape index (κ2) is 4.67. The first kappa shape index (κ1) is 11.1. The van der Waals surface area contributed by atoms with Gasteiger partial charge in [0, 0.05) is 32.4 Å². The highest BCUT2D eigenvalue weighted by molar-refractivity contribution is 5.56. The van der Waals surface area contributed by atoms with Gasteiger partial charge in [-0.3, -0.25) is 4.90 Å². The first-order chi connectivity index (χ1) is 8.40. The fourth-order valence-electron chi connectivity index (χ4n) is 3.10. The smallest absolute Gasteiger partial charge is 0.0825 e. The van der Waals surface area contributed by atoms with Crippen molar-refractivity contribution in [3.8, 4) is 0 Å². The lowest BCUT2D eigenvalue weighted by Gasteiger charge is -2.42. The molecule has 0 N–H and O–H groups in total. The molecule has 2 aliphatic rings. The quantitative estimate of drug-likeness (QED) is 0.793. The maximum absolute atomic E-state index is 5.22. The van der Waals surface area contributed by atoms with E-state index in [-0.39, 0.29) is 0 Å². The van der Waals surface area contributed by atoms with Crippen molar-refractivity contribution < 1.29 is 4.74 Å². The van der Waals surface area contributed by atoms with Gasteiger partial charge in [-0.25, -0.2) is 0 Å². The van der Waals surface area contributed by atoms with Gasteiger partial charge in [0.25, 0.3) is 0 Å². The Morgan fingerprint density at radius 3 is 3.12 bits per heavy atom. The maximum atomic E-state index is 5.22. The van der Waals surface area contributed by atoms with E-state index in [0.717, 1.165) is 19.7 Å². The van der Waals surface area contributed by atoms with E-state index in [2.05, 4.69) is 34.1 Å². The van der Waals surface area contributed by atoms with Crippen molar-refractivity contribution in [1.29, 1.82) is 0 Å². The highest BCUT2D eigenvalue weighted by Crippen LogP contribution is 2.35. The van der Waals surface area contributed by atoms with Crippen molar-refractivity contribution in [2.24, 2.45) is 0 Å². The SMILES string of the molecule is COCCN1Cc2ccccc2N2CCCC12. The molecule has 0 spiro atoms. The minimum atomic E-state index is 0.597. The van der Waals surface area contributed by atoms with Crippen LogP contribution >= 0.6 is 0 Å². The molecule has 1 unspecified atom stereocenters. The molecule has 3 rings (SSSR count). The molecule has 1 aromatic carbocycles.